The molecule has 0 N–H and O–H groups in total. The number of hydrogen-bond acceptors (Lipinski definition) is 1. The van der Waals surface area contributed by atoms with E-state index in [-0.39, 0.29) is 0 Å². The lowest BCUT2D eigenvalue weighted by molar-refractivity contribution is 0.446. The van der Waals surface area contributed by atoms with Gasteiger partial charge in [-0.05, 0) is 42.5 Å². The molecule has 2 heteroatoms. The summed E-state index contributed by atoms with van der Waals surface area (Å²) in [5.41, 5.74) is 4.26. The number of benzene rings is 3. The molecular weight excluding hydrogens is 346 g/mol. The Bertz CT molecular complexity index is 1310. The third kappa shape index (κ3) is 2.17. The Hall–Kier alpha value is -2.32. The number of hydrogen-bond donors (Lipinski definition) is 0. The molecule has 0 aliphatic heterocycles. The molecule has 6 rings (SSSR count). The molecule has 0 amide bonds. The Morgan fingerprint density at radius 2 is 1.59 bits per heavy atom. The first kappa shape index (κ1) is 15.7. The van der Waals surface area contributed by atoms with Crippen molar-refractivity contribution in [2.45, 2.75) is 38.0 Å². The fraction of sp³-hybridized carbons (Fsp3) is 0.280. The van der Waals surface area contributed by atoms with E-state index in [1.54, 1.807) is 5.56 Å². The summed E-state index contributed by atoms with van der Waals surface area (Å²) in [6.07, 6.45) is 6.91. The van der Waals surface area contributed by atoms with Gasteiger partial charge < -0.3 is 4.57 Å². The first-order valence-corrected chi connectivity index (χ1v) is 11.0. The van der Waals surface area contributed by atoms with Gasteiger partial charge in [-0.15, -0.1) is 11.3 Å². The summed E-state index contributed by atoms with van der Waals surface area (Å²) >= 11 is 2.01. The van der Waals surface area contributed by atoms with Gasteiger partial charge in [-0.3, -0.25) is 0 Å². The molecule has 0 saturated heterocycles. The summed E-state index contributed by atoms with van der Waals surface area (Å²) < 4.78 is 5.30. The maximum absolute atomic E-state index is 2.40. The highest BCUT2D eigenvalue weighted by atomic mass is 32.1. The van der Waals surface area contributed by atoms with Crippen LogP contribution in [0.2, 0.25) is 0 Å². The third-order valence-electron chi connectivity index (χ3n) is 6.61. The number of aryl methyl sites for hydroxylation is 1. The van der Waals surface area contributed by atoms with Crippen molar-refractivity contribution in [2.75, 3.05) is 0 Å². The van der Waals surface area contributed by atoms with Gasteiger partial charge in [-0.2, -0.15) is 0 Å². The lowest BCUT2D eigenvalue weighted by Crippen LogP contribution is -2.04. The van der Waals surface area contributed by atoms with Crippen molar-refractivity contribution in [3.63, 3.8) is 0 Å². The molecule has 0 bridgehead atoms. The van der Waals surface area contributed by atoms with Crippen LogP contribution in [0.3, 0.4) is 0 Å². The maximum Gasteiger partial charge on any atom is 0.0496 e. The van der Waals surface area contributed by atoms with Crippen molar-refractivity contribution >= 4 is 53.3 Å². The zero-order valence-electron chi connectivity index (χ0n) is 15.7. The van der Waals surface area contributed by atoms with E-state index >= 15 is 0 Å². The van der Waals surface area contributed by atoms with Crippen molar-refractivity contribution in [3.8, 4) is 0 Å². The Morgan fingerprint density at radius 3 is 2.48 bits per heavy atom. The Labute approximate surface area is 163 Å². The van der Waals surface area contributed by atoms with Crippen LogP contribution in [0.25, 0.3) is 42.0 Å². The zero-order valence-corrected chi connectivity index (χ0v) is 16.5. The third-order valence-corrected chi connectivity index (χ3v) is 7.83. The minimum Gasteiger partial charge on any atom is -0.344 e. The van der Waals surface area contributed by atoms with E-state index < -0.39 is 0 Å². The molecule has 0 spiro atoms. The number of thiophene rings is 1. The summed E-state index contributed by atoms with van der Waals surface area (Å²) in [6.45, 7) is 0. The van der Waals surface area contributed by atoms with Crippen LogP contribution < -0.4 is 0 Å². The van der Waals surface area contributed by atoms with Crippen molar-refractivity contribution in [1.82, 2.24) is 4.57 Å². The summed E-state index contributed by atoms with van der Waals surface area (Å²) in [6, 6.07) is 20.5. The summed E-state index contributed by atoms with van der Waals surface area (Å²) in [7, 11) is 2.19. The van der Waals surface area contributed by atoms with Gasteiger partial charge in [0.25, 0.3) is 0 Å². The number of nitrogens with zero attached hydrogens (tertiary/aromatic N) is 1. The molecule has 0 atom stereocenters. The van der Waals surface area contributed by atoms with Crippen molar-refractivity contribution in [1.29, 1.82) is 0 Å². The van der Waals surface area contributed by atoms with E-state index in [9.17, 15) is 0 Å². The molecule has 1 nitrogen and oxygen atoms in total. The number of para-hydroxylation sites is 1. The second kappa shape index (κ2) is 5.84. The number of rotatable bonds is 1. The minimum atomic E-state index is 0.749. The smallest absolute Gasteiger partial charge is 0.0496 e. The van der Waals surface area contributed by atoms with Crippen LogP contribution in [0.15, 0.2) is 54.6 Å². The molecule has 2 heterocycles. The SMILES string of the molecule is Cn1c2ccccc2c2c3c(ccc21)sc1c(C2CCCCC2)cccc13. The standard InChI is InChI=1S/C25H23NS/c1-26-20-13-6-5-10-18(20)23-21(26)14-15-22-24(23)19-12-7-11-17(25(19)27-22)16-8-3-2-4-9-16/h5-7,10-16H,2-4,8-9H2,1H3. The Balaban J connectivity index is 1.75. The van der Waals surface area contributed by atoms with Crippen LogP contribution in [-0.2, 0) is 7.05 Å². The van der Waals surface area contributed by atoms with Crippen LogP contribution in [0.5, 0.6) is 0 Å². The lowest BCUT2D eigenvalue weighted by Gasteiger charge is -2.22. The van der Waals surface area contributed by atoms with Crippen molar-refractivity contribution in [2.24, 2.45) is 7.05 Å². The second-order valence-electron chi connectivity index (χ2n) is 8.07. The Morgan fingerprint density at radius 1 is 0.778 bits per heavy atom. The molecule has 27 heavy (non-hydrogen) atoms. The molecule has 1 aliphatic rings. The van der Waals surface area contributed by atoms with E-state index in [1.165, 1.54) is 74.1 Å². The second-order valence-corrected chi connectivity index (χ2v) is 9.12. The zero-order chi connectivity index (χ0) is 18.0. The first-order chi connectivity index (χ1) is 13.3. The van der Waals surface area contributed by atoms with Gasteiger partial charge in [0.05, 0.1) is 0 Å². The van der Waals surface area contributed by atoms with Gasteiger partial charge in [-0.25, -0.2) is 0 Å². The van der Waals surface area contributed by atoms with Gasteiger partial charge in [0.15, 0.2) is 0 Å². The quantitative estimate of drug-likeness (QED) is 0.285. The first-order valence-electron chi connectivity index (χ1n) is 10.1. The molecule has 134 valence electrons. The molecule has 0 unspecified atom stereocenters. The van der Waals surface area contributed by atoms with Crippen LogP contribution in [0, 0.1) is 0 Å². The largest absolute Gasteiger partial charge is 0.344 e. The predicted octanol–water partition coefficient (Wildman–Crippen LogP) is 7.75. The molecule has 1 saturated carbocycles. The fourth-order valence-corrected chi connectivity index (χ4v) is 6.60. The molecular formula is C25H23NS. The molecule has 2 aromatic heterocycles. The highest BCUT2D eigenvalue weighted by Gasteiger charge is 2.21. The highest BCUT2D eigenvalue weighted by molar-refractivity contribution is 7.26. The molecule has 1 aliphatic carbocycles. The van der Waals surface area contributed by atoms with E-state index in [4.69, 9.17) is 0 Å². The van der Waals surface area contributed by atoms with Crippen LogP contribution in [0.1, 0.15) is 43.6 Å². The minimum absolute atomic E-state index is 0.749. The predicted molar refractivity (Wildman–Crippen MR) is 119 cm³/mol. The summed E-state index contributed by atoms with van der Waals surface area (Å²) in [5.74, 6) is 0.749. The molecule has 3 aromatic carbocycles. The van der Waals surface area contributed by atoms with Gasteiger partial charge in [0.1, 0.15) is 0 Å². The highest BCUT2D eigenvalue weighted by Crippen LogP contribution is 2.46. The van der Waals surface area contributed by atoms with Crippen LogP contribution in [0.4, 0.5) is 0 Å². The van der Waals surface area contributed by atoms with E-state index in [0.717, 1.165) is 5.92 Å². The van der Waals surface area contributed by atoms with E-state index in [2.05, 4.69) is 66.2 Å². The molecule has 1 fully saturated rings. The summed E-state index contributed by atoms with van der Waals surface area (Å²) in [4.78, 5) is 0. The average Bonchev–Trinajstić information content (AvgIpc) is 3.24. The van der Waals surface area contributed by atoms with E-state index in [0.29, 0.717) is 0 Å². The number of aromatic nitrogens is 1. The van der Waals surface area contributed by atoms with Crippen LogP contribution >= 0.6 is 11.3 Å². The monoisotopic (exact) mass is 369 g/mol. The fourth-order valence-electron chi connectivity index (χ4n) is 5.30. The van der Waals surface area contributed by atoms with Crippen LogP contribution in [-0.4, -0.2) is 4.57 Å². The van der Waals surface area contributed by atoms with Gasteiger partial charge in [0, 0.05) is 49.0 Å². The molecule has 5 aromatic rings. The van der Waals surface area contributed by atoms with Crippen molar-refractivity contribution in [3.05, 3.63) is 60.2 Å². The van der Waals surface area contributed by atoms with Gasteiger partial charge >= 0.3 is 0 Å². The average molecular weight is 370 g/mol. The molecule has 0 radical (unpaired) electrons. The van der Waals surface area contributed by atoms with Gasteiger partial charge in [-0.1, -0.05) is 55.7 Å². The van der Waals surface area contributed by atoms with Gasteiger partial charge in [0.2, 0.25) is 0 Å². The topological polar surface area (TPSA) is 4.93 Å². The van der Waals surface area contributed by atoms with E-state index in [1.807, 2.05) is 11.3 Å². The summed E-state index contributed by atoms with van der Waals surface area (Å²) in [5, 5.41) is 5.72. The Kier molecular flexibility index (Phi) is 3.40. The normalized spacial score (nSPS) is 16.2. The lowest BCUT2D eigenvalue weighted by atomic mass is 9.83. The maximum atomic E-state index is 2.40. The van der Waals surface area contributed by atoms with Crippen molar-refractivity contribution < 1.29 is 0 Å². The number of fused-ring (bicyclic) bond motifs is 7.